The van der Waals surface area contributed by atoms with Crippen molar-refractivity contribution < 1.29 is 19.2 Å². The molecule has 0 unspecified atom stereocenters. The van der Waals surface area contributed by atoms with E-state index in [1.807, 2.05) is 36.6 Å². The van der Waals surface area contributed by atoms with Gasteiger partial charge in [0.25, 0.3) is 11.6 Å². The highest BCUT2D eigenvalue weighted by Crippen LogP contribution is 2.36. The SMILES string of the molecule is CCOc1cc(C(=O)Nc2nc(-c3c(C)[nH]c4ccccc34)cs2)c([N+](=O)[O-])cc1OC. The second-order valence-corrected chi connectivity index (χ2v) is 7.73. The van der Waals surface area contributed by atoms with Crippen LogP contribution in [0.15, 0.2) is 41.8 Å². The minimum Gasteiger partial charge on any atom is -0.493 e. The van der Waals surface area contributed by atoms with E-state index in [4.69, 9.17) is 9.47 Å². The summed E-state index contributed by atoms with van der Waals surface area (Å²) < 4.78 is 10.6. The summed E-state index contributed by atoms with van der Waals surface area (Å²) in [6.45, 7) is 4.04. The van der Waals surface area contributed by atoms with Gasteiger partial charge >= 0.3 is 0 Å². The van der Waals surface area contributed by atoms with Gasteiger partial charge in [0.1, 0.15) is 5.56 Å². The molecule has 4 aromatic rings. The number of fused-ring (bicyclic) bond motifs is 1. The summed E-state index contributed by atoms with van der Waals surface area (Å²) in [4.78, 5) is 31.7. The van der Waals surface area contributed by atoms with E-state index >= 15 is 0 Å². The van der Waals surface area contributed by atoms with E-state index in [1.165, 1.54) is 30.6 Å². The molecule has 0 aliphatic carbocycles. The molecule has 0 aliphatic rings. The van der Waals surface area contributed by atoms with Gasteiger partial charge in [-0.3, -0.25) is 20.2 Å². The number of aromatic nitrogens is 2. The molecule has 0 spiro atoms. The lowest BCUT2D eigenvalue weighted by Gasteiger charge is -2.11. The van der Waals surface area contributed by atoms with E-state index < -0.39 is 10.8 Å². The van der Waals surface area contributed by atoms with E-state index in [1.54, 1.807) is 6.92 Å². The van der Waals surface area contributed by atoms with E-state index in [0.717, 1.165) is 22.2 Å². The molecule has 2 heterocycles. The summed E-state index contributed by atoms with van der Waals surface area (Å²) in [5.74, 6) is -0.224. The lowest BCUT2D eigenvalue weighted by Crippen LogP contribution is -2.14. The number of nitrogens with one attached hydrogen (secondary N) is 2. The third-order valence-electron chi connectivity index (χ3n) is 4.90. The number of amides is 1. The van der Waals surface area contributed by atoms with Crippen molar-refractivity contribution in [3.8, 4) is 22.8 Å². The summed E-state index contributed by atoms with van der Waals surface area (Å²) in [7, 11) is 1.38. The van der Waals surface area contributed by atoms with E-state index in [9.17, 15) is 14.9 Å². The van der Waals surface area contributed by atoms with Crippen LogP contribution in [-0.2, 0) is 0 Å². The van der Waals surface area contributed by atoms with Crippen LogP contribution in [0.4, 0.5) is 10.8 Å². The second kappa shape index (κ2) is 8.67. The number of hydrogen-bond donors (Lipinski definition) is 2. The standard InChI is InChI=1S/C22H20N4O5S/c1-4-31-19-9-14(17(26(28)29)10-18(19)30-3)21(27)25-22-24-16(11-32-22)20-12(2)23-15-8-6-5-7-13(15)20/h5-11,23H,4H2,1-3H3,(H,24,25,27). The molecule has 0 bridgehead atoms. The van der Waals surface area contributed by atoms with Crippen LogP contribution >= 0.6 is 11.3 Å². The van der Waals surface area contributed by atoms with Gasteiger partial charge in [0, 0.05) is 33.6 Å². The van der Waals surface area contributed by atoms with Crippen LogP contribution in [0.5, 0.6) is 11.5 Å². The van der Waals surface area contributed by atoms with Gasteiger partial charge in [-0.25, -0.2) is 4.98 Å². The molecule has 0 fully saturated rings. The zero-order valence-electron chi connectivity index (χ0n) is 17.6. The van der Waals surface area contributed by atoms with Gasteiger partial charge < -0.3 is 14.5 Å². The number of aryl methyl sites for hydroxylation is 1. The van der Waals surface area contributed by atoms with E-state index in [2.05, 4.69) is 15.3 Å². The molecule has 0 saturated carbocycles. The van der Waals surface area contributed by atoms with Gasteiger partial charge in [-0.15, -0.1) is 11.3 Å². The molecule has 9 nitrogen and oxygen atoms in total. The normalized spacial score (nSPS) is 10.8. The molecular weight excluding hydrogens is 432 g/mol. The Kier molecular flexibility index (Phi) is 5.78. The van der Waals surface area contributed by atoms with Crippen molar-refractivity contribution in [1.29, 1.82) is 0 Å². The number of ether oxygens (including phenoxy) is 2. The van der Waals surface area contributed by atoms with E-state index in [-0.39, 0.29) is 22.7 Å². The number of para-hydroxylation sites is 1. The Balaban J connectivity index is 1.67. The van der Waals surface area contributed by atoms with Crippen molar-refractivity contribution in [3.63, 3.8) is 0 Å². The van der Waals surface area contributed by atoms with Crippen LogP contribution in [0, 0.1) is 17.0 Å². The molecule has 2 aromatic heterocycles. The maximum absolute atomic E-state index is 12.9. The Hall–Kier alpha value is -3.92. The summed E-state index contributed by atoms with van der Waals surface area (Å²) in [5, 5.41) is 17.4. The van der Waals surface area contributed by atoms with Crippen LogP contribution in [0.3, 0.4) is 0 Å². The summed E-state index contributed by atoms with van der Waals surface area (Å²) in [6.07, 6.45) is 0. The van der Waals surface area contributed by atoms with Crippen molar-refractivity contribution in [2.24, 2.45) is 0 Å². The topological polar surface area (TPSA) is 119 Å². The maximum atomic E-state index is 12.9. The smallest absolute Gasteiger partial charge is 0.286 e. The Morgan fingerprint density at radius 3 is 2.78 bits per heavy atom. The molecule has 2 N–H and O–H groups in total. The molecule has 10 heteroatoms. The fraction of sp³-hybridized carbons (Fsp3) is 0.182. The fourth-order valence-electron chi connectivity index (χ4n) is 3.53. The van der Waals surface area contributed by atoms with Gasteiger partial charge in [-0.1, -0.05) is 18.2 Å². The van der Waals surface area contributed by atoms with Crippen LogP contribution < -0.4 is 14.8 Å². The van der Waals surface area contributed by atoms with Crippen LogP contribution in [0.1, 0.15) is 23.0 Å². The van der Waals surface area contributed by atoms with Crippen molar-refractivity contribution in [2.45, 2.75) is 13.8 Å². The summed E-state index contributed by atoms with van der Waals surface area (Å²) >= 11 is 1.24. The number of aromatic amines is 1. The first-order valence-corrected chi connectivity index (χ1v) is 10.6. The zero-order chi connectivity index (χ0) is 22.8. The monoisotopic (exact) mass is 452 g/mol. The van der Waals surface area contributed by atoms with Gasteiger partial charge in [-0.2, -0.15) is 0 Å². The van der Waals surface area contributed by atoms with Crippen LogP contribution in [0.2, 0.25) is 0 Å². The van der Waals surface area contributed by atoms with Crippen LogP contribution in [0.25, 0.3) is 22.2 Å². The van der Waals surface area contributed by atoms with Gasteiger partial charge in [-0.05, 0) is 19.9 Å². The van der Waals surface area contributed by atoms with Gasteiger partial charge in [0.05, 0.1) is 30.4 Å². The minimum absolute atomic E-state index is 0.140. The third-order valence-corrected chi connectivity index (χ3v) is 5.66. The number of hydrogen-bond acceptors (Lipinski definition) is 7. The first kappa shape index (κ1) is 21.3. The number of nitro groups is 1. The molecule has 32 heavy (non-hydrogen) atoms. The average molecular weight is 452 g/mol. The quantitative estimate of drug-likeness (QED) is 0.295. The minimum atomic E-state index is -0.656. The number of carbonyl (C=O) groups excluding carboxylic acids is 1. The number of carbonyl (C=O) groups is 1. The molecule has 0 aliphatic heterocycles. The third kappa shape index (κ3) is 3.87. The van der Waals surface area contributed by atoms with Gasteiger partial charge in [0.2, 0.25) is 0 Å². The maximum Gasteiger partial charge on any atom is 0.286 e. The number of rotatable bonds is 7. The Bertz CT molecular complexity index is 1330. The number of H-pyrrole nitrogens is 1. The molecule has 0 atom stereocenters. The highest BCUT2D eigenvalue weighted by atomic mass is 32.1. The number of nitrogens with zero attached hydrogens (tertiary/aromatic N) is 2. The Labute approximate surface area is 187 Å². The molecule has 0 saturated heterocycles. The first-order chi connectivity index (χ1) is 15.4. The predicted octanol–water partition coefficient (Wildman–Crippen LogP) is 5.17. The van der Waals surface area contributed by atoms with Crippen molar-refractivity contribution in [3.05, 3.63) is 63.1 Å². The number of thiazole rings is 1. The molecule has 1 amide bonds. The van der Waals surface area contributed by atoms with Gasteiger partial charge in [0.15, 0.2) is 16.6 Å². The number of nitro benzene ring substituents is 1. The predicted molar refractivity (Wildman–Crippen MR) is 123 cm³/mol. The Morgan fingerprint density at radius 1 is 1.28 bits per heavy atom. The molecule has 2 aromatic carbocycles. The summed E-state index contributed by atoms with van der Waals surface area (Å²) in [6, 6.07) is 10.4. The molecule has 164 valence electrons. The summed E-state index contributed by atoms with van der Waals surface area (Å²) in [5.41, 5.74) is 3.09. The van der Waals surface area contributed by atoms with E-state index in [0.29, 0.717) is 17.4 Å². The molecule has 4 rings (SSSR count). The highest BCUT2D eigenvalue weighted by molar-refractivity contribution is 7.14. The van der Waals surface area contributed by atoms with Crippen molar-refractivity contribution in [2.75, 3.05) is 19.0 Å². The average Bonchev–Trinajstić information content (AvgIpc) is 3.36. The largest absolute Gasteiger partial charge is 0.493 e. The first-order valence-electron chi connectivity index (χ1n) is 9.76. The number of methoxy groups -OCH3 is 1. The van der Waals surface area contributed by atoms with Crippen molar-refractivity contribution in [1.82, 2.24) is 9.97 Å². The molecular formula is C22H20N4O5S. The van der Waals surface area contributed by atoms with Crippen LogP contribution in [-0.4, -0.2) is 34.5 Å². The Morgan fingerprint density at radius 2 is 2.06 bits per heavy atom. The zero-order valence-corrected chi connectivity index (χ0v) is 18.4. The lowest BCUT2D eigenvalue weighted by atomic mass is 10.1. The number of anilines is 1. The fourth-order valence-corrected chi connectivity index (χ4v) is 4.22. The molecule has 0 radical (unpaired) electrons. The highest BCUT2D eigenvalue weighted by Gasteiger charge is 2.25. The lowest BCUT2D eigenvalue weighted by molar-refractivity contribution is -0.385. The number of benzene rings is 2. The van der Waals surface area contributed by atoms with Crippen molar-refractivity contribution >= 4 is 39.0 Å². The second-order valence-electron chi connectivity index (χ2n) is 6.87.